The third-order valence-electron chi connectivity index (χ3n) is 3.95. The van der Waals surface area contributed by atoms with Crippen LogP contribution >= 0.6 is 11.3 Å². The number of carbonyl (C=O) groups is 1. The Bertz CT molecular complexity index is 1080. The summed E-state index contributed by atoms with van der Waals surface area (Å²) in [7, 11) is -3.71. The zero-order valence-corrected chi connectivity index (χ0v) is 16.4. The van der Waals surface area contributed by atoms with E-state index in [4.69, 9.17) is 5.14 Å². The van der Waals surface area contributed by atoms with Gasteiger partial charge in [0.15, 0.2) is 0 Å². The van der Waals surface area contributed by atoms with Crippen molar-refractivity contribution in [3.8, 4) is 10.6 Å². The van der Waals surface area contributed by atoms with Crippen molar-refractivity contribution in [2.45, 2.75) is 17.7 Å². The molecule has 0 radical (unpaired) electrons. The number of nitrogens with two attached hydrogens (primary N) is 1. The quantitative estimate of drug-likeness (QED) is 0.614. The Hall–Kier alpha value is -2.62. The van der Waals surface area contributed by atoms with Gasteiger partial charge in [-0.25, -0.2) is 22.9 Å². The molecule has 0 aliphatic carbocycles. The Labute approximate surface area is 166 Å². The molecular weight excluding hydrogens is 401 g/mol. The molecule has 28 heavy (non-hydrogen) atoms. The molecular formula is C19H18FN3O3S2. The van der Waals surface area contributed by atoms with Crippen LogP contribution in [-0.4, -0.2) is 25.9 Å². The van der Waals surface area contributed by atoms with Gasteiger partial charge in [0.1, 0.15) is 10.8 Å². The summed E-state index contributed by atoms with van der Waals surface area (Å²) in [6.45, 7) is 0.411. The maximum absolute atomic E-state index is 13.3. The highest BCUT2D eigenvalue weighted by molar-refractivity contribution is 7.89. The number of amides is 1. The Morgan fingerprint density at radius 1 is 1.18 bits per heavy atom. The van der Waals surface area contributed by atoms with Crippen LogP contribution in [0.1, 0.15) is 11.3 Å². The lowest BCUT2D eigenvalue weighted by atomic mass is 10.1. The highest BCUT2D eigenvalue weighted by Crippen LogP contribution is 2.24. The van der Waals surface area contributed by atoms with Gasteiger partial charge in [0, 0.05) is 17.5 Å². The van der Waals surface area contributed by atoms with Gasteiger partial charge in [0.05, 0.1) is 17.0 Å². The van der Waals surface area contributed by atoms with E-state index in [1.807, 2.05) is 0 Å². The third-order valence-corrected chi connectivity index (χ3v) is 5.82. The van der Waals surface area contributed by atoms with E-state index in [1.54, 1.807) is 29.6 Å². The highest BCUT2D eigenvalue weighted by atomic mass is 32.2. The fourth-order valence-corrected chi connectivity index (χ4v) is 3.89. The van der Waals surface area contributed by atoms with Crippen LogP contribution in [0.4, 0.5) is 4.39 Å². The second kappa shape index (κ2) is 8.59. The van der Waals surface area contributed by atoms with Crippen molar-refractivity contribution in [2.24, 2.45) is 5.14 Å². The number of hydrogen-bond acceptors (Lipinski definition) is 5. The van der Waals surface area contributed by atoms with Gasteiger partial charge in [-0.05, 0) is 36.2 Å². The zero-order valence-electron chi connectivity index (χ0n) is 14.8. The van der Waals surface area contributed by atoms with Gasteiger partial charge in [0.2, 0.25) is 15.9 Å². The number of hydrogen-bond donors (Lipinski definition) is 2. The molecule has 9 heteroatoms. The Balaban J connectivity index is 1.50. The molecule has 3 rings (SSSR count). The maximum Gasteiger partial charge on any atom is 0.238 e. The molecule has 1 aromatic heterocycles. The predicted octanol–water partition coefficient (Wildman–Crippen LogP) is 2.50. The van der Waals surface area contributed by atoms with Crippen LogP contribution in [0.25, 0.3) is 10.6 Å². The predicted molar refractivity (Wildman–Crippen MR) is 106 cm³/mol. The fraction of sp³-hybridized carbons (Fsp3) is 0.158. The number of halogens is 1. The van der Waals surface area contributed by atoms with Gasteiger partial charge in [-0.3, -0.25) is 4.79 Å². The lowest BCUT2D eigenvalue weighted by molar-refractivity contribution is -0.120. The maximum atomic E-state index is 13.3. The van der Waals surface area contributed by atoms with Crippen molar-refractivity contribution in [1.29, 1.82) is 0 Å². The summed E-state index contributed by atoms with van der Waals surface area (Å²) in [5.41, 5.74) is 2.19. The summed E-state index contributed by atoms with van der Waals surface area (Å²) >= 11 is 1.36. The molecule has 3 aromatic rings. The minimum Gasteiger partial charge on any atom is -0.355 e. The van der Waals surface area contributed by atoms with Crippen molar-refractivity contribution in [3.05, 3.63) is 71.0 Å². The van der Waals surface area contributed by atoms with Crippen molar-refractivity contribution >= 4 is 27.3 Å². The number of nitrogens with one attached hydrogen (secondary N) is 1. The summed E-state index contributed by atoms with van der Waals surface area (Å²) in [5.74, 6) is -0.499. The number of benzene rings is 2. The van der Waals surface area contributed by atoms with Crippen LogP contribution in [-0.2, 0) is 27.7 Å². The summed E-state index contributed by atoms with van der Waals surface area (Å²) in [6, 6.07) is 12.4. The normalized spacial score (nSPS) is 11.4. The van der Waals surface area contributed by atoms with Gasteiger partial charge < -0.3 is 5.32 Å². The lowest BCUT2D eigenvalue weighted by Crippen LogP contribution is -2.27. The molecule has 0 aliphatic heterocycles. The summed E-state index contributed by atoms with van der Waals surface area (Å²) in [6.07, 6.45) is 0.693. The summed E-state index contributed by atoms with van der Waals surface area (Å²) in [5, 5.41) is 10.3. The van der Waals surface area contributed by atoms with Crippen molar-refractivity contribution in [3.63, 3.8) is 0 Å². The second-order valence-electron chi connectivity index (χ2n) is 6.12. The molecule has 0 bridgehead atoms. The molecule has 2 aromatic carbocycles. The molecule has 1 heterocycles. The lowest BCUT2D eigenvalue weighted by Gasteiger charge is -2.05. The van der Waals surface area contributed by atoms with Crippen LogP contribution in [0, 0.1) is 5.82 Å². The fourth-order valence-electron chi connectivity index (χ4n) is 2.56. The average Bonchev–Trinajstić information content (AvgIpc) is 3.10. The van der Waals surface area contributed by atoms with Crippen LogP contribution < -0.4 is 10.5 Å². The number of thiazole rings is 1. The van der Waals surface area contributed by atoms with Crippen LogP contribution in [0.5, 0.6) is 0 Å². The van der Waals surface area contributed by atoms with E-state index in [9.17, 15) is 17.6 Å². The van der Waals surface area contributed by atoms with E-state index in [0.29, 0.717) is 29.2 Å². The zero-order chi connectivity index (χ0) is 20.1. The molecule has 0 spiro atoms. The summed E-state index contributed by atoms with van der Waals surface area (Å²) in [4.78, 5) is 16.5. The Kier molecular flexibility index (Phi) is 6.18. The average molecular weight is 420 g/mol. The van der Waals surface area contributed by atoms with Crippen LogP contribution in [0.15, 0.2) is 58.8 Å². The topological polar surface area (TPSA) is 102 Å². The molecule has 146 valence electrons. The van der Waals surface area contributed by atoms with Crippen LogP contribution in [0.2, 0.25) is 0 Å². The van der Waals surface area contributed by atoms with Gasteiger partial charge in [-0.2, -0.15) is 0 Å². The first kappa shape index (κ1) is 20.1. The SMILES string of the molecule is NS(=O)(=O)c1ccc(CCNC(=O)Cc2csc(-c3cccc(F)c3)n2)cc1. The third kappa shape index (κ3) is 5.44. The molecule has 0 aliphatic rings. The molecule has 0 fully saturated rings. The van der Waals surface area contributed by atoms with E-state index >= 15 is 0 Å². The van der Waals surface area contributed by atoms with E-state index in [1.165, 1.54) is 35.6 Å². The number of aromatic nitrogens is 1. The van der Waals surface area contributed by atoms with E-state index < -0.39 is 10.0 Å². The molecule has 6 nitrogen and oxygen atoms in total. The van der Waals surface area contributed by atoms with Gasteiger partial charge in [0.25, 0.3) is 0 Å². The molecule has 0 saturated carbocycles. The Morgan fingerprint density at radius 3 is 2.61 bits per heavy atom. The number of rotatable bonds is 7. The number of primary sulfonamides is 1. The second-order valence-corrected chi connectivity index (χ2v) is 8.54. The first-order chi connectivity index (χ1) is 13.3. The van der Waals surface area contributed by atoms with Gasteiger partial charge in [-0.15, -0.1) is 11.3 Å². The van der Waals surface area contributed by atoms with Gasteiger partial charge >= 0.3 is 0 Å². The molecule has 0 atom stereocenters. The van der Waals surface area contributed by atoms with Gasteiger partial charge in [-0.1, -0.05) is 24.3 Å². The molecule has 3 N–H and O–H groups in total. The highest BCUT2D eigenvalue weighted by Gasteiger charge is 2.10. The smallest absolute Gasteiger partial charge is 0.238 e. The molecule has 0 saturated heterocycles. The first-order valence-electron chi connectivity index (χ1n) is 8.40. The standard InChI is InChI=1S/C19H18FN3O3S2/c20-15-3-1-2-14(10-15)19-23-16(12-27-19)11-18(24)22-9-8-13-4-6-17(7-5-13)28(21,25)26/h1-7,10,12H,8-9,11H2,(H,22,24)(H2,21,25,26). The summed E-state index contributed by atoms with van der Waals surface area (Å²) < 4.78 is 35.8. The number of nitrogens with zero attached hydrogens (tertiary/aromatic N) is 1. The van der Waals surface area contributed by atoms with Crippen molar-refractivity contribution < 1.29 is 17.6 Å². The molecule has 0 unspecified atom stereocenters. The largest absolute Gasteiger partial charge is 0.355 e. The number of sulfonamides is 1. The van der Waals surface area contributed by atoms with E-state index in [0.717, 1.165) is 5.56 Å². The minimum atomic E-state index is -3.71. The van der Waals surface area contributed by atoms with E-state index in [-0.39, 0.29) is 23.0 Å². The van der Waals surface area contributed by atoms with Crippen molar-refractivity contribution in [1.82, 2.24) is 10.3 Å². The monoisotopic (exact) mass is 419 g/mol. The first-order valence-corrected chi connectivity index (χ1v) is 10.8. The number of carbonyl (C=O) groups excluding carboxylic acids is 1. The van der Waals surface area contributed by atoms with E-state index in [2.05, 4.69) is 10.3 Å². The molecule has 1 amide bonds. The van der Waals surface area contributed by atoms with Crippen molar-refractivity contribution in [2.75, 3.05) is 6.54 Å². The van der Waals surface area contributed by atoms with Crippen LogP contribution in [0.3, 0.4) is 0 Å². The Morgan fingerprint density at radius 2 is 1.93 bits per heavy atom. The minimum absolute atomic E-state index is 0.0536.